The van der Waals surface area contributed by atoms with E-state index in [0.717, 1.165) is 0 Å². The fourth-order valence-corrected chi connectivity index (χ4v) is 1.69. The maximum absolute atomic E-state index is 8.63. The van der Waals surface area contributed by atoms with Gasteiger partial charge in [0, 0.05) is 10.0 Å². The van der Waals surface area contributed by atoms with E-state index in [4.69, 9.17) is 46.4 Å². The first-order valence-corrected chi connectivity index (χ1v) is 4.93. The molecule has 0 aromatic heterocycles. The van der Waals surface area contributed by atoms with Crippen molar-refractivity contribution in [1.82, 2.24) is 0 Å². The number of benzene rings is 1. The van der Waals surface area contributed by atoms with Crippen molar-refractivity contribution in [2.45, 2.75) is 0 Å². The molecule has 0 N–H and O–H groups in total. The monoisotopic (exact) mass is 276 g/mol. The van der Waals surface area contributed by atoms with E-state index in [2.05, 4.69) is 0 Å². The summed E-state index contributed by atoms with van der Waals surface area (Å²) in [6.07, 6.45) is 0. The molecular weight excluding hydrogens is 274 g/mol. The van der Waals surface area contributed by atoms with Gasteiger partial charge in [0.15, 0.2) is 0 Å². The molecule has 0 amide bonds. The van der Waals surface area contributed by atoms with Gasteiger partial charge in [0.2, 0.25) is 0 Å². The van der Waals surface area contributed by atoms with Crippen molar-refractivity contribution >= 4 is 40.7 Å². The zero-order chi connectivity index (χ0) is 11.4. The Labute approximate surface area is 131 Å². The van der Waals surface area contributed by atoms with Crippen molar-refractivity contribution < 1.29 is 29.6 Å². The van der Waals surface area contributed by atoms with E-state index in [9.17, 15) is 0 Å². The molecule has 0 aliphatic rings. The molecular formula is C10H3Cl2N2NaS. The van der Waals surface area contributed by atoms with E-state index < -0.39 is 0 Å². The number of nitriles is 2. The molecule has 0 spiro atoms. The van der Waals surface area contributed by atoms with Crippen LogP contribution >= 0.6 is 23.2 Å². The quantitative estimate of drug-likeness (QED) is 0.421. The van der Waals surface area contributed by atoms with E-state index in [1.54, 1.807) is 30.3 Å². The molecule has 0 heterocycles. The summed E-state index contributed by atoms with van der Waals surface area (Å²) >= 11 is 16.5. The average molecular weight is 277 g/mol. The summed E-state index contributed by atoms with van der Waals surface area (Å²) in [5.41, 5.74) is 0.379. The van der Waals surface area contributed by atoms with Crippen LogP contribution in [0.3, 0.4) is 0 Å². The summed E-state index contributed by atoms with van der Waals surface area (Å²) in [6.45, 7) is 0. The van der Waals surface area contributed by atoms with Crippen LogP contribution in [0.25, 0.3) is 4.91 Å². The summed E-state index contributed by atoms with van der Waals surface area (Å²) in [4.78, 5) is 0.157. The van der Waals surface area contributed by atoms with Gasteiger partial charge in [-0.25, -0.2) is 0 Å². The third-order valence-electron chi connectivity index (χ3n) is 1.58. The van der Waals surface area contributed by atoms with Gasteiger partial charge >= 0.3 is 29.6 Å². The maximum Gasteiger partial charge on any atom is 1.00 e. The van der Waals surface area contributed by atoms with Crippen molar-refractivity contribution in [2.75, 3.05) is 0 Å². The number of halogens is 2. The molecule has 0 bridgehead atoms. The molecule has 1 aromatic rings. The fourth-order valence-electron chi connectivity index (χ4n) is 0.956. The minimum absolute atomic E-state index is 0. The number of nitrogens with zero attached hydrogens (tertiary/aromatic N) is 2. The first-order chi connectivity index (χ1) is 7.08. The molecule has 1 rings (SSSR count). The van der Waals surface area contributed by atoms with E-state index in [0.29, 0.717) is 15.6 Å². The fraction of sp³-hybridized carbons (Fsp3) is 0. The standard InChI is InChI=1S/C10H4Cl2N2S.Na/c11-8-1-6(2-9(12)3-8)10(15)7(4-13)5-14;/h1-3,15H;/q;+1/p-1. The van der Waals surface area contributed by atoms with Crippen LogP contribution in [-0.2, 0) is 12.6 Å². The van der Waals surface area contributed by atoms with Crippen LogP contribution in [0.1, 0.15) is 5.56 Å². The van der Waals surface area contributed by atoms with E-state index in [-0.39, 0.29) is 40.0 Å². The van der Waals surface area contributed by atoms with Crippen LogP contribution in [-0.4, -0.2) is 0 Å². The van der Waals surface area contributed by atoms with E-state index in [1.807, 2.05) is 0 Å². The van der Waals surface area contributed by atoms with Gasteiger partial charge in [-0.05, 0) is 23.8 Å². The Morgan fingerprint density at radius 3 is 1.88 bits per heavy atom. The maximum atomic E-state index is 8.63. The SMILES string of the molecule is N#CC(C#N)=C([S-])c1cc(Cl)cc(Cl)c1.[Na+]. The van der Waals surface area contributed by atoms with E-state index >= 15 is 0 Å². The second-order valence-corrected chi connectivity index (χ2v) is 3.87. The normalized spacial score (nSPS) is 8.25. The molecule has 6 heteroatoms. The molecule has 16 heavy (non-hydrogen) atoms. The largest absolute Gasteiger partial charge is 1.00 e. The van der Waals surface area contributed by atoms with Gasteiger partial charge < -0.3 is 12.6 Å². The second kappa shape index (κ2) is 7.14. The molecule has 0 saturated carbocycles. The minimum Gasteiger partial charge on any atom is -0.777 e. The van der Waals surface area contributed by atoms with Crippen LogP contribution in [0.5, 0.6) is 0 Å². The third-order valence-corrected chi connectivity index (χ3v) is 2.45. The van der Waals surface area contributed by atoms with Gasteiger partial charge in [-0.3, -0.25) is 0 Å². The van der Waals surface area contributed by atoms with Crippen LogP contribution in [0.4, 0.5) is 0 Å². The molecule has 0 unspecified atom stereocenters. The Morgan fingerprint density at radius 2 is 1.50 bits per heavy atom. The molecule has 0 fully saturated rings. The predicted molar refractivity (Wildman–Crippen MR) is 62.0 cm³/mol. The summed E-state index contributed by atoms with van der Waals surface area (Å²) in [6, 6.07) is 8.10. The molecule has 0 aliphatic carbocycles. The van der Waals surface area contributed by atoms with Gasteiger partial charge in [0.25, 0.3) is 0 Å². The molecule has 1 aromatic carbocycles. The zero-order valence-electron chi connectivity index (χ0n) is 8.29. The van der Waals surface area contributed by atoms with Crippen molar-refractivity contribution in [2.24, 2.45) is 0 Å². The molecule has 0 saturated heterocycles. The van der Waals surface area contributed by atoms with E-state index in [1.165, 1.54) is 0 Å². The topological polar surface area (TPSA) is 47.6 Å². The molecule has 0 aliphatic heterocycles. The van der Waals surface area contributed by atoms with Gasteiger partial charge in [-0.2, -0.15) is 10.5 Å². The predicted octanol–water partition coefficient (Wildman–Crippen LogP) is 0.303. The van der Waals surface area contributed by atoms with Gasteiger partial charge in [-0.15, -0.1) is 4.91 Å². The second-order valence-electron chi connectivity index (χ2n) is 2.59. The number of hydrogen-bond donors (Lipinski definition) is 0. The minimum atomic E-state index is -0.122. The summed E-state index contributed by atoms with van der Waals surface area (Å²) in [5.74, 6) is 0. The Kier molecular flexibility index (Phi) is 7.03. The smallest absolute Gasteiger partial charge is 0.777 e. The summed E-state index contributed by atoms with van der Waals surface area (Å²) in [7, 11) is 0. The van der Waals surface area contributed by atoms with Crippen LogP contribution in [0.15, 0.2) is 23.8 Å². The van der Waals surface area contributed by atoms with Crippen LogP contribution in [0, 0.1) is 22.7 Å². The first-order valence-electron chi connectivity index (χ1n) is 3.76. The molecule has 0 radical (unpaired) electrons. The molecule has 2 nitrogen and oxygen atoms in total. The van der Waals surface area contributed by atoms with Crippen LogP contribution in [0.2, 0.25) is 10.0 Å². The Balaban J connectivity index is 0.00000225. The number of rotatable bonds is 1. The van der Waals surface area contributed by atoms with Gasteiger partial charge in [-0.1, -0.05) is 23.2 Å². The Hall–Kier alpha value is -0.260. The summed E-state index contributed by atoms with van der Waals surface area (Å²) < 4.78 is 0. The first kappa shape index (κ1) is 15.7. The molecule has 74 valence electrons. The number of allylic oxidation sites excluding steroid dienone is 1. The van der Waals surface area contributed by atoms with Crippen molar-refractivity contribution in [3.8, 4) is 12.1 Å². The van der Waals surface area contributed by atoms with Crippen LogP contribution < -0.4 is 29.6 Å². The van der Waals surface area contributed by atoms with Crippen molar-refractivity contribution in [3.63, 3.8) is 0 Å². The van der Waals surface area contributed by atoms with Crippen molar-refractivity contribution in [1.29, 1.82) is 10.5 Å². The summed E-state index contributed by atoms with van der Waals surface area (Å²) in [5, 5.41) is 18.1. The molecule has 0 atom stereocenters. The van der Waals surface area contributed by atoms with Gasteiger partial charge in [0.05, 0.1) is 0 Å². The Morgan fingerprint density at radius 1 is 1.06 bits per heavy atom. The zero-order valence-corrected chi connectivity index (χ0v) is 12.6. The van der Waals surface area contributed by atoms with Crippen molar-refractivity contribution in [3.05, 3.63) is 39.4 Å². The van der Waals surface area contributed by atoms with Gasteiger partial charge in [0.1, 0.15) is 17.7 Å². The number of hydrogen-bond acceptors (Lipinski definition) is 3. The Bertz CT molecular complexity index is 478. The average Bonchev–Trinajstić information content (AvgIpc) is 2.18. The third kappa shape index (κ3) is 3.96.